The molecule has 0 atom stereocenters. The number of nitrogens with zero attached hydrogens (tertiary/aromatic N) is 3. The number of nitrogens with two attached hydrogens (primary N) is 1. The van der Waals surface area contributed by atoms with Crippen molar-refractivity contribution < 1.29 is 14.3 Å². The third-order valence-electron chi connectivity index (χ3n) is 5.70. The number of hydrogen-bond donors (Lipinski definition) is 2. The second kappa shape index (κ2) is 7.77. The predicted molar refractivity (Wildman–Crippen MR) is 114 cm³/mol. The number of aromatic amines is 1. The number of benzene rings is 1. The molecule has 3 N–H and O–H groups in total. The minimum atomic E-state index is -0.280. The zero-order chi connectivity index (χ0) is 20.7. The lowest BCUT2D eigenvalue weighted by Crippen LogP contribution is -2.41. The van der Waals surface area contributed by atoms with Crippen LogP contribution in [-0.4, -0.2) is 53.3 Å². The van der Waals surface area contributed by atoms with Gasteiger partial charge in [-0.3, -0.25) is 4.79 Å². The first kappa shape index (κ1) is 19.1. The fraction of sp³-hybridized carbons (Fsp3) is 0.381. The second-order valence-corrected chi connectivity index (χ2v) is 8.10. The van der Waals surface area contributed by atoms with Gasteiger partial charge < -0.3 is 25.1 Å². The maximum absolute atomic E-state index is 11.2. The van der Waals surface area contributed by atoms with Crippen LogP contribution in [0, 0.1) is 5.92 Å². The number of amides is 1. The van der Waals surface area contributed by atoms with Crippen LogP contribution < -0.4 is 15.4 Å². The van der Waals surface area contributed by atoms with Crippen molar-refractivity contribution in [2.45, 2.75) is 18.9 Å². The number of rotatable bonds is 5. The molecule has 0 bridgehead atoms. The molecule has 3 heterocycles. The van der Waals surface area contributed by atoms with Crippen LogP contribution in [0.5, 0.6) is 6.01 Å². The summed E-state index contributed by atoms with van der Waals surface area (Å²) < 4.78 is 11.2. The Balaban J connectivity index is 1.34. The lowest BCUT2D eigenvalue weighted by Gasteiger charge is -2.32. The number of aromatic nitrogens is 3. The minimum absolute atomic E-state index is 0.0641. The first-order chi connectivity index (χ1) is 14.6. The van der Waals surface area contributed by atoms with E-state index in [0.717, 1.165) is 37.6 Å². The van der Waals surface area contributed by atoms with Gasteiger partial charge in [-0.2, -0.15) is 4.98 Å². The van der Waals surface area contributed by atoms with Crippen LogP contribution >= 0.6 is 11.6 Å². The van der Waals surface area contributed by atoms with E-state index in [1.807, 2.05) is 18.2 Å². The number of imidazole rings is 1. The summed E-state index contributed by atoms with van der Waals surface area (Å²) in [6, 6.07) is 10.4. The quantitative estimate of drug-likeness (QED) is 0.648. The summed E-state index contributed by atoms with van der Waals surface area (Å²) in [5, 5.41) is 0.536. The number of carbonyl (C=O) groups is 1. The summed E-state index contributed by atoms with van der Waals surface area (Å²) >= 11 is 6.50. The van der Waals surface area contributed by atoms with Gasteiger partial charge in [0.25, 0.3) is 6.01 Å². The number of hydrogen-bond acceptors (Lipinski definition) is 6. The van der Waals surface area contributed by atoms with E-state index in [0.29, 0.717) is 40.7 Å². The Hall–Kier alpha value is -2.84. The molecule has 156 valence electrons. The van der Waals surface area contributed by atoms with E-state index in [-0.39, 0.29) is 17.9 Å². The van der Waals surface area contributed by atoms with Gasteiger partial charge in [0.05, 0.1) is 29.4 Å². The van der Waals surface area contributed by atoms with E-state index in [9.17, 15) is 4.79 Å². The molecule has 5 rings (SSSR count). The number of anilines is 1. The summed E-state index contributed by atoms with van der Waals surface area (Å²) in [6.07, 6.45) is 1.16. The van der Waals surface area contributed by atoms with Crippen molar-refractivity contribution in [1.82, 2.24) is 15.0 Å². The molecule has 30 heavy (non-hydrogen) atoms. The summed E-state index contributed by atoms with van der Waals surface area (Å²) in [6.45, 7) is 3.28. The molecule has 2 aliphatic rings. The van der Waals surface area contributed by atoms with Gasteiger partial charge in [0.1, 0.15) is 6.10 Å². The summed E-state index contributed by atoms with van der Waals surface area (Å²) in [5.74, 6) is -0.392. The Bertz CT molecular complexity index is 1070. The van der Waals surface area contributed by atoms with Gasteiger partial charge in [-0.05, 0) is 31.0 Å². The summed E-state index contributed by atoms with van der Waals surface area (Å²) in [5.41, 5.74) is 9.30. The highest BCUT2D eigenvalue weighted by Crippen LogP contribution is 2.33. The van der Waals surface area contributed by atoms with Gasteiger partial charge in [0.15, 0.2) is 5.65 Å². The SMILES string of the molecule is NC(=O)C1CC(Oc2nc3nc(-c4ccc(N5CCOCC5)cc4)c(Cl)cc3[nH]2)C1. The third-order valence-corrected chi connectivity index (χ3v) is 5.99. The van der Waals surface area contributed by atoms with Gasteiger partial charge in [-0.25, -0.2) is 4.98 Å². The molecule has 1 aliphatic heterocycles. The van der Waals surface area contributed by atoms with Crippen LogP contribution in [0.1, 0.15) is 12.8 Å². The average Bonchev–Trinajstić information content (AvgIpc) is 3.11. The molecule has 3 aromatic rings. The number of carbonyl (C=O) groups excluding carboxylic acids is 1. The van der Waals surface area contributed by atoms with Crippen LogP contribution in [-0.2, 0) is 9.53 Å². The standard InChI is InChI=1S/C21H22ClN5O3/c22-16-11-17-20(26-21(24-17)30-15-9-13(10-15)19(23)28)25-18(16)12-1-3-14(4-2-12)27-5-7-29-8-6-27/h1-4,11,13,15H,5-10H2,(H2,23,28)(H,24,25,26). The molecule has 2 fully saturated rings. The first-order valence-electron chi connectivity index (χ1n) is 10.0. The van der Waals surface area contributed by atoms with E-state index < -0.39 is 0 Å². The van der Waals surface area contributed by atoms with Gasteiger partial charge in [0.2, 0.25) is 5.91 Å². The van der Waals surface area contributed by atoms with Crippen LogP contribution in [0.2, 0.25) is 5.02 Å². The molecule has 2 aromatic heterocycles. The second-order valence-electron chi connectivity index (χ2n) is 7.69. The highest BCUT2D eigenvalue weighted by molar-refractivity contribution is 6.33. The summed E-state index contributed by atoms with van der Waals surface area (Å²) in [4.78, 5) is 25.6. The maximum Gasteiger partial charge on any atom is 0.296 e. The average molecular weight is 428 g/mol. The normalized spacial score (nSPS) is 21.4. The Morgan fingerprint density at radius 2 is 1.93 bits per heavy atom. The smallest absolute Gasteiger partial charge is 0.296 e. The fourth-order valence-corrected chi connectivity index (χ4v) is 4.12. The van der Waals surface area contributed by atoms with E-state index in [1.165, 1.54) is 0 Å². The minimum Gasteiger partial charge on any atom is -0.461 e. The third kappa shape index (κ3) is 3.68. The molecular formula is C21H22ClN5O3. The van der Waals surface area contributed by atoms with E-state index >= 15 is 0 Å². The van der Waals surface area contributed by atoms with Crippen molar-refractivity contribution in [1.29, 1.82) is 0 Å². The largest absolute Gasteiger partial charge is 0.461 e. The van der Waals surface area contributed by atoms with Crippen molar-refractivity contribution >= 4 is 34.4 Å². The Morgan fingerprint density at radius 1 is 1.20 bits per heavy atom. The molecule has 1 saturated carbocycles. The van der Waals surface area contributed by atoms with Crippen molar-refractivity contribution in [2.75, 3.05) is 31.2 Å². The highest BCUT2D eigenvalue weighted by Gasteiger charge is 2.35. The topological polar surface area (TPSA) is 106 Å². The van der Waals surface area contributed by atoms with Crippen molar-refractivity contribution in [3.05, 3.63) is 35.4 Å². The zero-order valence-corrected chi connectivity index (χ0v) is 17.1. The Labute approximate surface area is 178 Å². The number of ether oxygens (including phenoxy) is 2. The van der Waals surface area contributed by atoms with Crippen molar-refractivity contribution in [3.63, 3.8) is 0 Å². The molecule has 8 nitrogen and oxygen atoms in total. The molecule has 1 amide bonds. The molecule has 0 unspecified atom stereocenters. The van der Waals surface area contributed by atoms with Crippen LogP contribution in [0.3, 0.4) is 0 Å². The number of fused-ring (bicyclic) bond motifs is 1. The van der Waals surface area contributed by atoms with Crippen LogP contribution in [0.25, 0.3) is 22.4 Å². The monoisotopic (exact) mass is 427 g/mol. The maximum atomic E-state index is 11.2. The predicted octanol–water partition coefficient (Wildman–Crippen LogP) is 2.76. The number of H-pyrrole nitrogens is 1. The van der Waals surface area contributed by atoms with Gasteiger partial charge >= 0.3 is 0 Å². The van der Waals surface area contributed by atoms with Crippen LogP contribution in [0.15, 0.2) is 30.3 Å². The number of morpholine rings is 1. The van der Waals surface area contributed by atoms with Crippen molar-refractivity contribution in [2.24, 2.45) is 11.7 Å². The zero-order valence-electron chi connectivity index (χ0n) is 16.3. The molecule has 1 saturated heterocycles. The highest BCUT2D eigenvalue weighted by atomic mass is 35.5. The molecule has 9 heteroatoms. The van der Waals surface area contributed by atoms with Gasteiger partial charge in [-0.15, -0.1) is 0 Å². The van der Waals surface area contributed by atoms with E-state index in [2.05, 4.69) is 32.0 Å². The Kier molecular flexibility index (Phi) is 4.96. The molecule has 0 radical (unpaired) electrons. The number of halogens is 1. The van der Waals surface area contributed by atoms with Gasteiger partial charge in [0, 0.05) is 30.3 Å². The Morgan fingerprint density at radius 3 is 2.63 bits per heavy atom. The first-order valence-corrected chi connectivity index (χ1v) is 10.4. The molecular weight excluding hydrogens is 406 g/mol. The number of pyridine rings is 1. The lowest BCUT2D eigenvalue weighted by molar-refractivity contribution is -0.127. The lowest BCUT2D eigenvalue weighted by atomic mass is 9.82. The molecule has 1 aromatic carbocycles. The molecule has 1 aliphatic carbocycles. The fourth-order valence-electron chi connectivity index (χ4n) is 3.86. The summed E-state index contributed by atoms with van der Waals surface area (Å²) in [7, 11) is 0. The van der Waals surface area contributed by atoms with E-state index in [4.69, 9.17) is 26.8 Å². The number of primary amides is 1. The van der Waals surface area contributed by atoms with Crippen LogP contribution in [0.4, 0.5) is 5.69 Å². The van der Waals surface area contributed by atoms with Gasteiger partial charge in [-0.1, -0.05) is 23.7 Å². The number of nitrogens with one attached hydrogen (secondary N) is 1. The van der Waals surface area contributed by atoms with Crippen molar-refractivity contribution in [3.8, 4) is 17.3 Å². The molecule has 0 spiro atoms. The van der Waals surface area contributed by atoms with E-state index in [1.54, 1.807) is 0 Å².